The lowest BCUT2D eigenvalue weighted by Gasteiger charge is -2.49. The van der Waals surface area contributed by atoms with Gasteiger partial charge in [-0.1, -0.05) is 0 Å². The Kier molecular flexibility index (Phi) is 4.97. The lowest BCUT2D eigenvalue weighted by molar-refractivity contribution is -0.113. The van der Waals surface area contributed by atoms with Gasteiger partial charge in [-0.2, -0.15) is 17.5 Å². The number of carbonyl (C=O) groups is 1. The maximum absolute atomic E-state index is 12.6. The summed E-state index contributed by atoms with van der Waals surface area (Å²) in [6, 6.07) is 3.14. The smallest absolute Gasteiger partial charge is 0.372 e. The van der Waals surface area contributed by atoms with Crippen LogP contribution in [-0.2, 0) is 14.8 Å². The van der Waals surface area contributed by atoms with Gasteiger partial charge < -0.3 is 10.1 Å². The molecule has 0 saturated carbocycles. The number of halogens is 3. The van der Waals surface area contributed by atoms with E-state index in [1.54, 1.807) is 12.1 Å². The number of rotatable bonds is 5. The zero-order valence-corrected chi connectivity index (χ0v) is 14.5. The predicted octanol–water partition coefficient (Wildman–Crippen LogP) is 1.14. The molecule has 3 rings (SSSR count). The zero-order valence-electron chi connectivity index (χ0n) is 13.7. The van der Waals surface area contributed by atoms with Gasteiger partial charge in [0.2, 0.25) is 0 Å². The number of aromatic nitrogens is 1. The monoisotopic (exact) mass is 393 g/mol. The molecule has 0 aromatic carbocycles. The molecule has 1 aromatic heterocycles. The SMILES string of the molecule is O=C(NCC[C@@H]1CCOC12CN(S(=O)(=O)C(F)(F)F)C2)c1ccncc1. The highest BCUT2D eigenvalue weighted by Crippen LogP contribution is 2.44. The maximum atomic E-state index is 12.6. The molecule has 1 aromatic rings. The number of carbonyl (C=O) groups excluding carboxylic acids is 1. The first kappa shape index (κ1) is 19.1. The van der Waals surface area contributed by atoms with E-state index in [1.807, 2.05) is 0 Å². The van der Waals surface area contributed by atoms with Gasteiger partial charge in [0, 0.05) is 44.2 Å². The highest BCUT2D eigenvalue weighted by molar-refractivity contribution is 7.90. The van der Waals surface area contributed by atoms with E-state index in [1.165, 1.54) is 12.4 Å². The molecule has 2 aliphatic rings. The van der Waals surface area contributed by atoms with Crippen molar-refractivity contribution in [2.75, 3.05) is 26.2 Å². The maximum Gasteiger partial charge on any atom is 0.511 e. The molecule has 1 atom stereocenters. The van der Waals surface area contributed by atoms with Crippen molar-refractivity contribution in [2.45, 2.75) is 24.0 Å². The molecule has 0 unspecified atom stereocenters. The molecule has 26 heavy (non-hydrogen) atoms. The number of ether oxygens (including phenoxy) is 1. The summed E-state index contributed by atoms with van der Waals surface area (Å²) in [6.07, 6.45) is 4.11. The van der Waals surface area contributed by atoms with Crippen molar-refractivity contribution in [3.8, 4) is 0 Å². The van der Waals surface area contributed by atoms with Crippen LogP contribution < -0.4 is 5.32 Å². The van der Waals surface area contributed by atoms with E-state index in [9.17, 15) is 26.4 Å². The molecular weight excluding hydrogens is 375 g/mol. The van der Waals surface area contributed by atoms with Crippen LogP contribution in [0, 0.1) is 5.92 Å². The number of hydrogen-bond donors (Lipinski definition) is 1. The van der Waals surface area contributed by atoms with Crippen LogP contribution in [-0.4, -0.2) is 61.0 Å². The van der Waals surface area contributed by atoms with Gasteiger partial charge in [0.25, 0.3) is 5.91 Å². The predicted molar refractivity (Wildman–Crippen MR) is 84.5 cm³/mol. The summed E-state index contributed by atoms with van der Waals surface area (Å²) in [7, 11) is -5.32. The van der Waals surface area contributed by atoms with Crippen molar-refractivity contribution in [2.24, 2.45) is 5.92 Å². The summed E-state index contributed by atoms with van der Waals surface area (Å²) < 4.78 is 66.7. The molecule has 1 amide bonds. The minimum atomic E-state index is -5.32. The summed E-state index contributed by atoms with van der Waals surface area (Å²) in [4.78, 5) is 15.8. The van der Waals surface area contributed by atoms with Crippen molar-refractivity contribution in [1.29, 1.82) is 0 Å². The van der Waals surface area contributed by atoms with Crippen LogP contribution in [0.15, 0.2) is 24.5 Å². The van der Waals surface area contributed by atoms with Crippen LogP contribution >= 0.6 is 0 Å². The second kappa shape index (κ2) is 6.78. The lowest BCUT2D eigenvalue weighted by atomic mass is 9.80. The van der Waals surface area contributed by atoms with Crippen LogP contribution in [0.2, 0.25) is 0 Å². The van der Waals surface area contributed by atoms with E-state index in [0.29, 0.717) is 35.9 Å². The molecule has 1 spiro atoms. The van der Waals surface area contributed by atoms with E-state index < -0.39 is 21.1 Å². The van der Waals surface area contributed by atoms with E-state index >= 15 is 0 Å². The Morgan fingerprint density at radius 2 is 2.00 bits per heavy atom. The third-order valence-electron chi connectivity index (χ3n) is 4.84. The van der Waals surface area contributed by atoms with Gasteiger partial charge in [-0.25, -0.2) is 8.42 Å². The Labute approximate surface area is 148 Å². The number of hydrogen-bond acceptors (Lipinski definition) is 5. The number of nitrogens with zero attached hydrogens (tertiary/aromatic N) is 2. The van der Waals surface area contributed by atoms with Gasteiger partial charge in [0.1, 0.15) is 0 Å². The van der Waals surface area contributed by atoms with Crippen molar-refractivity contribution in [3.63, 3.8) is 0 Å². The van der Waals surface area contributed by atoms with Crippen molar-refractivity contribution >= 4 is 15.9 Å². The Morgan fingerprint density at radius 1 is 1.35 bits per heavy atom. The van der Waals surface area contributed by atoms with Gasteiger partial charge in [0.15, 0.2) is 0 Å². The van der Waals surface area contributed by atoms with E-state index in [4.69, 9.17) is 4.74 Å². The summed E-state index contributed by atoms with van der Waals surface area (Å²) in [5, 5.41) is 2.74. The summed E-state index contributed by atoms with van der Waals surface area (Å²) in [5.74, 6) is -0.379. The Hall–Kier alpha value is -1.72. The Morgan fingerprint density at radius 3 is 2.62 bits per heavy atom. The number of sulfonamides is 1. The topological polar surface area (TPSA) is 88.6 Å². The molecule has 0 bridgehead atoms. The molecule has 0 radical (unpaired) electrons. The molecule has 2 saturated heterocycles. The van der Waals surface area contributed by atoms with Gasteiger partial charge in [-0.05, 0) is 30.9 Å². The number of alkyl halides is 3. The molecule has 3 heterocycles. The standard InChI is InChI=1S/C15H18F3N3O4S/c16-15(17,18)26(23,24)21-9-14(10-21)12(4-8-25-14)3-7-20-13(22)11-1-5-19-6-2-11/h1-2,5-6,12H,3-4,7-10H2,(H,20,22)/t12-/m1/s1. The molecule has 7 nitrogen and oxygen atoms in total. The Balaban J connectivity index is 1.53. The van der Waals surface area contributed by atoms with E-state index in [2.05, 4.69) is 10.3 Å². The third-order valence-corrected chi connectivity index (χ3v) is 6.36. The quantitative estimate of drug-likeness (QED) is 0.811. The van der Waals surface area contributed by atoms with Gasteiger partial charge in [-0.15, -0.1) is 0 Å². The highest BCUT2D eigenvalue weighted by atomic mass is 32.2. The molecular formula is C15H18F3N3O4S. The van der Waals surface area contributed by atoms with Gasteiger partial charge in [0.05, 0.1) is 5.60 Å². The summed E-state index contributed by atoms with van der Waals surface area (Å²) in [6.45, 7) is 0.0709. The molecule has 1 N–H and O–H groups in total. The first-order valence-corrected chi connectivity index (χ1v) is 9.48. The van der Waals surface area contributed by atoms with Crippen molar-refractivity contribution in [1.82, 2.24) is 14.6 Å². The minimum absolute atomic E-state index is 0.111. The molecule has 0 aliphatic carbocycles. The van der Waals surface area contributed by atoms with Gasteiger partial charge >= 0.3 is 15.5 Å². The first-order chi connectivity index (χ1) is 12.2. The fourth-order valence-electron chi connectivity index (χ4n) is 3.37. The fraction of sp³-hybridized carbons (Fsp3) is 0.600. The summed E-state index contributed by atoms with van der Waals surface area (Å²) >= 11 is 0. The number of amides is 1. The van der Waals surface area contributed by atoms with E-state index in [0.717, 1.165) is 0 Å². The van der Waals surface area contributed by atoms with Crippen LogP contribution in [0.5, 0.6) is 0 Å². The molecule has 2 aliphatic heterocycles. The van der Waals surface area contributed by atoms with Crippen LogP contribution in [0.4, 0.5) is 13.2 Å². The molecule has 144 valence electrons. The lowest BCUT2D eigenvalue weighted by Crippen LogP contribution is -2.67. The average molecular weight is 393 g/mol. The van der Waals surface area contributed by atoms with Crippen LogP contribution in [0.25, 0.3) is 0 Å². The minimum Gasteiger partial charge on any atom is -0.372 e. The summed E-state index contributed by atoms with van der Waals surface area (Å²) in [5.41, 5.74) is -5.73. The number of pyridine rings is 1. The van der Waals surface area contributed by atoms with Gasteiger partial charge in [-0.3, -0.25) is 9.78 Å². The largest absolute Gasteiger partial charge is 0.511 e. The number of nitrogens with one attached hydrogen (secondary N) is 1. The average Bonchev–Trinajstić information content (AvgIpc) is 2.97. The van der Waals surface area contributed by atoms with E-state index in [-0.39, 0.29) is 24.9 Å². The van der Waals surface area contributed by atoms with Crippen LogP contribution in [0.3, 0.4) is 0 Å². The van der Waals surface area contributed by atoms with Crippen LogP contribution in [0.1, 0.15) is 23.2 Å². The van der Waals surface area contributed by atoms with Crippen molar-refractivity contribution in [3.05, 3.63) is 30.1 Å². The highest BCUT2D eigenvalue weighted by Gasteiger charge is 2.61. The zero-order chi connectivity index (χ0) is 19.0. The second-order valence-electron chi connectivity index (χ2n) is 6.40. The Bertz CT molecular complexity index is 764. The second-order valence-corrected chi connectivity index (χ2v) is 8.33. The molecule has 2 fully saturated rings. The molecule has 11 heteroatoms. The third kappa shape index (κ3) is 3.42. The fourth-order valence-corrected chi connectivity index (χ4v) is 4.44. The first-order valence-electron chi connectivity index (χ1n) is 8.04. The normalized spacial score (nSPS) is 23.0. The van der Waals surface area contributed by atoms with Crippen molar-refractivity contribution < 1.29 is 31.1 Å².